The maximum atomic E-state index is 12.1. The van der Waals surface area contributed by atoms with Crippen LogP contribution in [0, 0.1) is 0 Å². The summed E-state index contributed by atoms with van der Waals surface area (Å²) in [7, 11) is 2.13. The molecular weight excluding hydrogens is 328 g/mol. The monoisotopic (exact) mass is 358 g/mol. The van der Waals surface area contributed by atoms with E-state index < -0.39 is 11.0 Å². The van der Waals surface area contributed by atoms with Crippen molar-refractivity contribution in [3.05, 3.63) is 23.3 Å². The van der Waals surface area contributed by atoms with E-state index in [1.165, 1.54) is 5.56 Å². The lowest BCUT2D eigenvalue weighted by atomic mass is 9.48. The predicted octanol–water partition coefficient (Wildman–Crippen LogP) is 1.93. The van der Waals surface area contributed by atoms with E-state index in [1.807, 2.05) is 6.07 Å². The molecule has 0 radical (unpaired) electrons. The molecule has 142 valence electrons. The summed E-state index contributed by atoms with van der Waals surface area (Å²) in [4.78, 5) is 2.33. The molecular formula is C21H30N2O3. The Morgan fingerprint density at radius 3 is 2.77 bits per heavy atom. The minimum absolute atomic E-state index is 0.0285. The van der Waals surface area contributed by atoms with E-state index in [-0.39, 0.29) is 29.5 Å². The second-order valence-corrected chi connectivity index (χ2v) is 9.87. The first-order valence-electron chi connectivity index (χ1n) is 9.90. The normalized spacial score (nSPS) is 40.9. The van der Waals surface area contributed by atoms with Crippen molar-refractivity contribution in [1.29, 1.82) is 0 Å². The van der Waals surface area contributed by atoms with Gasteiger partial charge in [-0.15, -0.1) is 0 Å². The molecule has 2 bridgehead atoms. The van der Waals surface area contributed by atoms with Gasteiger partial charge in [-0.3, -0.25) is 0 Å². The van der Waals surface area contributed by atoms with Gasteiger partial charge >= 0.3 is 0 Å². The standard InChI is InChI=1S/C21H30N2O3/c1-19(2,3)22-13-7-8-21(25)15-11-12-5-6-14(24)17-16(12)20(21,18(13)26-17)9-10-23(15)4/h5-6,13,15,18,22,24-25H,7-11H2,1-4H3/t13-,15?,18-,20-,21+/m0/s1. The van der Waals surface area contributed by atoms with Crippen molar-refractivity contribution in [1.82, 2.24) is 10.2 Å². The van der Waals surface area contributed by atoms with Gasteiger partial charge in [-0.05, 0) is 71.7 Å². The number of likely N-dealkylation sites (tertiary alicyclic amines) is 1. The zero-order chi connectivity index (χ0) is 18.5. The van der Waals surface area contributed by atoms with Crippen LogP contribution in [-0.2, 0) is 11.8 Å². The molecule has 26 heavy (non-hydrogen) atoms. The van der Waals surface area contributed by atoms with Gasteiger partial charge in [-0.2, -0.15) is 0 Å². The average Bonchev–Trinajstić information content (AvgIpc) is 2.90. The Bertz CT molecular complexity index is 773. The highest BCUT2D eigenvalue weighted by molar-refractivity contribution is 5.62. The first kappa shape index (κ1) is 16.8. The highest BCUT2D eigenvalue weighted by atomic mass is 16.5. The molecule has 1 aromatic carbocycles. The second-order valence-electron chi connectivity index (χ2n) is 9.87. The first-order valence-corrected chi connectivity index (χ1v) is 9.90. The third kappa shape index (κ3) is 1.87. The minimum atomic E-state index is -0.799. The molecule has 1 unspecified atom stereocenters. The molecule has 2 aliphatic heterocycles. The molecule has 1 saturated heterocycles. The Labute approximate surface area is 155 Å². The van der Waals surface area contributed by atoms with Crippen molar-refractivity contribution in [2.24, 2.45) is 0 Å². The third-order valence-electron chi connectivity index (χ3n) is 7.35. The summed E-state index contributed by atoms with van der Waals surface area (Å²) < 4.78 is 6.48. The molecule has 0 aromatic heterocycles. The van der Waals surface area contributed by atoms with Gasteiger partial charge in [0.2, 0.25) is 0 Å². The van der Waals surface area contributed by atoms with E-state index in [4.69, 9.17) is 4.74 Å². The topological polar surface area (TPSA) is 65.0 Å². The fourth-order valence-electron chi connectivity index (χ4n) is 6.46. The number of aliphatic hydroxyl groups is 1. The molecule has 5 atom stereocenters. The lowest BCUT2D eigenvalue weighted by Gasteiger charge is -2.64. The van der Waals surface area contributed by atoms with Crippen molar-refractivity contribution >= 4 is 0 Å². The summed E-state index contributed by atoms with van der Waals surface area (Å²) in [5.41, 5.74) is 1.08. The number of likely N-dealkylation sites (N-methyl/N-ethyl adjacent to an activating group) is 1. The van der Waals surface area contributed by atoms with Gasteiger partial charge in [0.05, 0.1) is 11.0 Å². The minimum Gasteiger partial charge on any atom is -0.504 e. The Kier molecular flexibility index (Phi) is 3.20. The third-order valence-corrected chi connectivity index (χ3v) is 7.35. The largest absolute Gasteiger partial charge is 0.504 e. The van der Waals surface area contributed by atoms with E-state index in [9.17, 15) is 10.2 Å². The summed E-state index contributed by atoms with van der Waals surface area (Å²) in [6.07, 6.45) is 3.20. The highest BCUT2D eigenvalue weighted by Gasteiger charge is 2.72. The Morgan fingerprint density at radius 1 is 1.27 bits per heavy atom. The maximum Gasteiger partial charge on any atom is 0.165 e. The molecule has 4 aliphatic rings. The van der Waals surface area contributed by atoms with Crippen LogP contribution in [0.4, 0.5) is 0 Å². The fourth-order valence-corrected chi connectivity index (χ4v) is 6.46. The van der Waals surface area contributed by atoms with Crippen LogP contribution in [0.15, 0.2) is 12.1 Å². The zero-order valence-electron chi connectivity index (χ0n) is 16.2. The Hall–Kier alpha value is -1.30. The highest BCUT2D eigenvalue weighted by Crippen LogP contribution is 2.65. The molecule has 1 aromatic rings. The van der Waals surface area contributed by atoms with E-state index in [2.05, 4.69) is 38.0 Å². The molecule has 2 fully saturated rings. The lowest BCUT2D eigenvalue weighted by molar-refractivity contribution is -0.188. The van der Waals surface area contributed by atoms with E-state index >= 15 is 0 Å². The van der Waals surface area contributed by atoms with Gasteiger partial charge in [0.25, 0.3) is 0 Å². The molecule has 3 N–H and O–H groups in total. The maximum absolute atomic E-state index is 12.1. The van der Waals surface area contributed by atoms with E-state index in [1.54, 1.807) is 6.07 Å². The van der Waals surface area contributed by atoms with Crippen LogP contribution in [0.5, 0.6) is 11.5 Å². The number of hydrogen-bond donors (Lipinski definition) is 3. The smallest absolute Gasteiger partial charge is 0.165 e. The van der Waals surface area contributed by atoms with Crippen molar-refractivity contribution in [3.8, 4) is 11.5 Å². The molecule has 2 aliphatic carbocycles. The van der Waals surface area contributed by atoms with E-state index in [0.717, 1.165) is 37.8 Å². The van der Waals surface area contributed by atoms with E-state index in [0.29, 0.717) is 5.75 Å². The van der Waals surface area contributed by atoms with Crippen LogP contribution in [0.1, 0.15) is 51.2 Å². The summed E-state index contributed by atoms with van der Waals surface area (Å²) in [6, 6.07) is 4.07. The average molecular weight is 358 g/mol. The number of benzene rings is 1. The van der Waals surface area contributed by atoms with Gasteiger partial charge in [0.1, 0.15) is 6.10 Å². The number of phenolic OH excluding ortho intramolecular Hbond substituents is 1. The molecule has 5 nitrogen and oxygen atoms in total. The van der Waals surface area contributed by atoms with Gasteiger partial charge in [0.15, 0.2) is 11.5 Å². The van der Waals surface area contributed by atoms with Gasteiger partial charge in [0, 0.05) is 23.2 Å². The number of rotatable bonds is 1. The van der Waals surface area contributed by atoms with Gasteiger partial charge in [-0.1, -0.05) is 6.07 Å². The van der Waals surface area contributed by atoms with Gasteiger partial charge in [-0.25, -0.2) is 0 Å². The second kappa shape index (κ2) is 4.94. The predicted molar refractivity (Wildman–Crippen MR) is 99.8 cm³/mol. The quantitative estimate of drug-likeness (QED) is 0.716. The summed E-state index contributed by atoms with van der Waals surface area (Å²) >= 11 is 0. The van der Waals surface area contributed by atoms with Crippen molar-refractivity contribution in [2.75, 3.05) is 13.6 Å². The molecule has 1 spiro atoms. The molecule has 1 saturated carbocycles. The number of hydrogen-bond acceptors (Lipinski definition) is 5. The molecule has 5 rings (SSSR count). The summed E-state index contributed by atoms with van der Waals surface area (Å²) in [6.45, 7) is 7.47. The summed E-state index contributed by atoms with van der Waals surface area (Å²) in [5, 5.41) is 26.3. The lowest BCUT2D eigenvalue weighted by Crippen LogP contribution is -2.78. The summed E-state index contributed by atoms with van der Waals surface area (Å²) in [5.74, 6) is 0.832. The Balaban J connectivity index is 1.73. The van der Waals surface area contributed by atoms with Crippen LogP contribution in [0.25, 0.3) is 0 Å². The van der Waals surface area contributed by atoms with Gasteiger partial charge < -0.3 is 25.2 Å². The number of aromatic hydroxyl groups is 1. The van der Waals surface area contributed by atoms with Crippen LogP contribution >= 0.6 is 0 Å². The van der Waals surface area contributed by atoms with Crippen LogP contribution in [-0.4, -0.2) is 58.0 Å². The van der Waals surface area contributed by atoms with Crippen LogP contribution in [0.2, 0.25) is 0 Å². The van der Waals surface area contributed by atoms with Crippen molar-refractivity contribution in [3.63, 3.8) is 0 Å². The Morgan fingerprint density at radius 2 is 2.04 bits per heavy atom. The molecule has 5 heteroatoms. The number of ether oxygens (including phenoxy) is 1. The number of nitrogens with zero attached hydrogens (tertiary/aromatic N) is 1. The number of nitrogens with one attached hydrogen (secondary N) is 1. The SMILES string of the molecule is CN1CC[C@]23c4c5ccc(O)c4O[C@H]2[C@@H](NC(C)(C)C)CC[C@@]3(O)C1C5. The van der Waals surface area contributed by atoms with Crippen molar-refractivity contribution in [2.45, 2.75) is 81.2 Å². The van der Waals surface area contributed by atoms with Crippen LogP contribution < -0.4 is 10.1 Å². The van der Waals surface area contributed by atoms with Crippen LogP contribution in [0.3, 0.4) is 0 Å². The zero-order valence-corrected chi connectivity index (χ0v) is 16.2. The van der Waals surface area contributed by atoms with Crippen molar-refractivity contribution < 1.29 is 14.9 Å². The number of phenols is 1. The fraction of sp³-hybridized carbons (Fsp3) is 0.714. The first-order chi connectivity index (χ1) is 12.2. The molecule has 0 amide bonds. The molecule has 2 heterocycles. The number of piperidine rings is 1.